The number of aryl methyl sites for hydroxylation is 1. The molecule has 6 rings (SSSR count). The lowest BCUT2D eigenvalue weighted by molar-refractivity contribution is -0.184. The third kappa shape index (κ3) is 3.43. The first-order chi connectivity index (χ1) is 15.5. The van der Waals surface area contributed by atoms with E-state index < -0.39 is 5.60 Å². The highest BCUT2D eigenvalue weighted by Crippen LogP contribution is 2.38. The Hall–Kier alpha value is -3.30. The van der Waals surface area contributed by atoms with E-state index in [2.05, 4.69) is 33.0 Å². The molecule has 1 saturated carbocycles. The number of nitrogens with two attached hydrogens (primary N) is 1. The van der Waals surface area contributed by atoms with Crippen molar-refractivity contribution in [1.82, 2.24) is 24.6 Å². The van der Waals surface area contributed by atoms with Gasteiger partial charge in [0.2, 0.25) is 5.95 Å². The normalized spacial score (nSPS) is 17.3. The quantitative estimate of drug-likeness (QED) is 0.505. The van der Waals surface area contributed by atoms with E-state index >= 15 is 0 Å². The molecule has 0 radical (unpaired) electrons. The lowest BCUT2D eigenvalue weighted by Gasteiger charge is -2.37. The van der Waals surface area contributed by atoms with Gasteiger partial charge in [0.15, 0.2) is 5.65 Å². The molecule has 9 nitrogen and oxygen atoms in total. The maximum absolute atomic E-state index is 10.1. The van der Waals surface area contributed by atoms with Crippen LogP contribution in [0.15, 0.2) is 36.8 Å². The molecule has 1 aromatic carbocycles. The number of nitrogens with zero attached hydrogens (tertiary/aromatic N) is 5. The molecule has 0 atom stereocenters. The summed E-state index contributed by atoms with van der Waals surface area (Å²) in [5.41, 5.74) is 9.72. The number of aliphatic hydroxyl groups is 1. The zero-order valence-electron chi connectivity index (χ0n) is 18.2. The number of nitrogen functional groups attached to an aromatic ring is 1. The Kier molecular flexibility index (Phi) is 5.15. The van der Waals surface area contributed by atoms with Gasteiger partial charge in [0.25, 0.3) is 0 Å². The largest absolute Gasteiger partial charge is 0.494 e. The standard InChI is InChI=1S/C13H17NO2.C10H9N5O/c1-9-5-11(13(15)7-16-8-13)6-14-12(9)10-3-2-4-10;1-16-7-4-2-3-6-8(7)14-10(11)15-9(6)12-5-13-15/h5-6,10,15H,2-4,7-8H2,1H3;2-5H,1H3,(H2,11,14). The number of anilines is 1. The fourth-order valence-electron chi connectivity index (χ4n) is 4.15. The third-order valence-corrected chi connectivity index (χ3v) is 6.28. The summed E-state index contributed by atoms with van der Waals surface area (Å²) in [6.07, 6.45) is 7.13. The van der Waals surface area contributed by atoms with Gasteiger partial charge in [0.1, 0.15) is 23.2 Å². The van der Waals surface area contributed by atoms with E-state index in [9.17, 15) is 5.11 Å². The SMILES string of the molecule is COc1cccc2c1nc(N)n1ncnc21.Cc1cc(C2(O)COC2)cnc1C1CCC1. The molecule has 2 aliphatic rings. The van der Waals surface area contributed by atoms with Gasteiger partial charge in [-0.2, -0.15) is 9.61 Å². The molecule has 32 heavy (non-hydrogen) atoms. The van der Waals surface area contributed by atoms with E-state index in [-0.39, 0.29) is 0 Å². The van der Waals surface area contributed by atoms with Crippen molar-refractivity contribution >= 4 is 22.5 Å². The predicted octanol–water partition coefficient (Wildman–Crippen LogP) is 2.74. The summed E-state index contributed by atoms with van der Waals surface area (Å²) in [4.78, 5) is 13.0. The lowest BCUT2D eigenvalue weighted by atomic mass is 9.80. The number of methoxy groups -OCH3 is 1. The fraction of sp³-hybridized carbons (Fsp3) is 0.391. The Balaban J connectivity index is 0.000000135. The number of pyridine rings is 1. The number of para-hydroxylation sites is 1. The highest BCUT2D eigenvalue weighted by atomic mass is 16.5. The molecule has 4 heterocycles. The zero-order chi connectivity index (χ0) is 22.3. The van der Waals surface area contributed by atoms with Crippen LogP contribution in [0.3, 0.4) is 0 Å². The number of rotatable bonds is 3. The molecule has 166 valence electrons. The third-order valence-electron chi connectivity index (χ3n) is 6.28. The first-order valence-corrected chi connectivity index (χ1v) is 10.7. The molecule has 2 fully saturated rings. The maximum Gasteiger partial charge on any atom is 0.223 e. The first-order valence-electron chi connectivity index (χ1n) is 10.7. The van der Waals surface area contributed by atoms with E-state index in [1.807, 2.05) is 24.4 Å². The van der Waals surface area contributed by atoms with E-state index in [0.717, 1.165) is 10.9 Å². The number of hydrogen-bond donors (Lipinski definition) is 2. The van der Waals surface area contributed by atoms with Crippen LogP contribution in [-0.4, -0.2) is 50.0 Å². The van der Waals surface area contributed by atoms with E-state index in [4.69, 9.17) is 15.2 Å². The molecule has 1 saturated heterocycles. The second-order valence-electron chi connectivity index (χ2n) is 8.40. The second-order valence-corrected chi connectivity index (χ2v) is 8.40. The van der Waals surface area contributed by atoms with Gasteiger partial charge in [-0.1, -0.05) is 12.5 Å². The van der Waals surface area contributed by atoms with Gasteiger partial charge >= 0.3 is 0 Å². The van der Waals surface area contributed by atoms with Crippen LogP contribution in [0, 0.1) is 6.92 Å². The van der Waals surface area contributed by atoms with E-state index in [0.29, 0.717) is 42.0 Å². The van der Waals surface area contributed by atoms with Gasteiger partial charge in [-0.05, 0) is 43.5 Å². The lowest BCUT2D eigenvalue weighted by Crippen LogP contribution is -2.46. The monoisotopic (exact) mass is 434 g/mol. The average molecular weight is 435 g/mol. The molecule has 1 aliphatic carbocycles. The van der Waals surface area contributed by atoms with Gasteiger partial charge in [0, 0.05) is 28.8 Å². The zero-order valence-corrected chi connectivity index (χ0v) is 18.2. The number of aromatic nitrogens is 5. The Morgan fingerprint density at radius 3 is 2.69 bits per heavy atom. The molecule has 0 bridgehead atoms. The van der Waals surface area contributed by atoms with Gasteiger partial charge in [0.05, 0.1) is 20.3 Å². The molecule has 0 amide bonds. The Bertz CT molecular complexity index is 1280. The smallest absolute Gasteiger partial charge is 0.223 e. The first kappa shape index (κ1) is 20.6. The van der Waals surface area contributed by atoms with Crippen molar-refractivity contribution in [2.75, 3.05) is 26.1 Å². The molecule has 0 spiro atoms. The molecule has 3 aromatic heterocycles. The predicted molar refractivity (Wildman–Crippen MR) is 120 cm³/mol. The summed E-state index contributed by atoms with van der Waals surface area (Å²) in [6, 6.07) is 7.70. The van der Waals surface area contributed by atoms with Crippen LogP contribution in [0.2, 0.25) is 0 Å². The minimum Gasteiger partial charge on any atom is -0.494 e. The number of benzene rings is 1. The number of ether oxygens (including phenoxy) is 2. The van der Waals surface area contributed by atoms with Crippen LogP contribution in [-0.2, 0) is 10.3 Å². The average Bonchev–Trinajstić information content (AvgIpc) is 3.23. The number of hydrogen-bond acceptors (Lipinski definition) is 8. The summed E-state index contributed by atoms with van der Waals surface area (Å²) in [7, 11) is 1.60. The number of fused-ring (bicyclic) bond motifs is 3. The second kappa shape index (κ2) is 7.99. The maximum atomic E-state index is 10.1. The van der Waals surface area contributed by atoms with Crippen molar-refractivity contribution in [3.8, 4) is 5.75 Å². The molecule has 9 heteroatoms. The summed E-state index contributed by atoms with van der Waals surface area (Å²) >= 11 is 0. The highest BCUT2D eigenvalue weighted by molar-refractivity contribution is 5.95. The van der Waals surface area contributed by atoms with E-state index in [1.165, 1.54) is 41.4 Å². The Labute approximate surface area is 185 Å². The fourth-order valence-corrected chi connectivity index (χ4v) is 4.15. The van der Waals surface area contributed by atoms with E-state index in [1.54, 1.807) is 7.11 Å². The van der Waals surface area contributed by atoms with Crippen LogP contribution in [0.25, 0.3) is 16.6 Å². The summed E-state index contributed by atoms with van der Waals surface area (Å²) in [6.45, 7) is 2.89. The van der Waals surface area contributed by atoms with Crippen LogP contribution in [0.5, 0.6) is 5.75 Å². The highest BCUT2D eigenvalue weighted by Gasteiger charge is 2.38. The van der Waals surface area contributed by atoms with Gasteiger partial charge in [-0.15, -0.1) is 0 Å². The topological polar surface area (TPSA) is 121 Å². The minimum absolute atomic E-state index is 0.296. The summed E-state index contributed by atoms with van der Waals surface area (Å²) < 4.78 is 11.8. The van der Waals surface area contributed by atoms with Crippen LogP contribution >= 0.6 is 0 Å². The van der Waals surface area contributed by atoms with Crippen molar-refractivity contribution in [3.63, 3.8) is 0 Å². The van der Waals surface area contributed by atoms with Crippen LogP contribution in [0.1, 0.15) is 42.0 Å². The van der Waals surface area contributed by atoms with Crippen molar-refractivity contribution in [1.29, 1.82) is 0 Å². The van der Waals surface area contributed by atoms with Gasteiger partial charge < -0.3 is 20.3 Å². The molecule has 1 aliphatic heterocycles. The van der Waals surface area contributed by atoms with Crippen molar-refractivity contribution < 1.29 is 14.6 Å². The Morgan fingerprint density at radius 1 is 1.25 bits per heavy atom. The van der Waals surface area contributed by atoms with Gasteiger partial charge in [-0.3, -0.25) is 4.98 Å². The molecule has 3 N–H and O–H groups in total. The van der Waals surface area contributed by atoms with Gasteiger partial charge in [-0.25, -0.2) is 9.97 Å². The Morgan fingerprint density at radius 2 is 2.06 bits per heavy atom. The van der Waals surface area contributed by atoms with Crippen molar-refractivity contribution in [3.05, 3.63) is 53.6 Å². The van der Waals surface area contributed by atoms with Crippen LogP contribution in [0.4, 0.5) is 5.95 Å². The van der Waals surface area contributed by atoms with Crippen LogP contribution < -0.4 is 10.5 Å². The molecule has 0 unspecified atom stereocenters. The van der Waals surface area contributed by atoms with Crippen molar-refractivity contribution in [2.24, 2.45) is 0 Å². The molecule has 4 aromatic rings. The minimum atomic E-state index is -0.782. The molecular weight excluding hydrogens is 408 g/mol. The summed E-state index contributed by atoms with van der Waals surface area (Å²) in [5, 5.41) is 15.0. The van der Waals surface area contributed by atoms with Crippen molar-refractivity contribution in [2.45, 2.75) is 37.7 Å². The molecular formula is C23H26N6O3. The summed E-state index contributed by atoms with van der Waals surface area (Å²) in [5.74, 6) is 1.63.